The second kappa shape index (κ2) is 9.00. The first-order chi connectivity index (χ1) is 13.0. The molecule has 0 aliphatic carbocycles. The van der Waals surface area contributed by atoms with E-state index in [1.54, 1.807) is 24.3 Å². The van der Waals surface area contributed by atoms with Crippen molar-refractivity contribution in [2.24, 2.45) is 5.92 Å². The van der Waals surface area contributed by atoms with Gasteiger partial charge in [-0.25, -0.2) is 4.39 Å². The second-order valence-electron chi connectivity index (χ2n) is 6.77. The van der Waals surface area contributed by atoms with Crippen LogP contribution in [0.2, 0.25) is 5.02 Å². The SMILES string of the molecule is O=C(NCCC1CCN(C(=O)c2ccc(F)cc2)CC1)c1ccccc1Cl. The van der Waals surface area contributed by atoms with Crippen LogP contribution in [0.15, 0.2) is 48.5 Å². The zero-order valence-corrected chi connectivity index (χ0v) is 15.7. The van der Waals surface area contributed by atoms with Crippen molar-refractivity contribution in [3.63, 3.8) is 0 Å². The number of hydrogen-bond acceptors (Lipinski definition) is 2. The van der Waals surface area contributed by atoms with Crippen molar-refractivity contribution in [2.45, 2.75) is 19.3 Å². The molecule has 0 bridgehead atoms. The number of hydrogen-bond donors (Lipinski definition) is 1. The summed E-state index contributed by atoms with van der Waals surface area (Å²) in [5.41, 5.74) is 1.00. The number of amides is 2. The number of halogens is 2. The number of rotatable bonds is 5. The first kappa shape index (κ1) is 19.4. The molecular formula is C21H22ClFN2O2. The van der Waals surface area contributed by atoms with Crippen LogP contribution in [0.4, 0.5) is 4.39 Å². The maximum Gasteiger partial charge on any atom is 0.253 e. The lowest BCUT2D eigenvalue weighted by molar-refractivity contribution is 0.0687. The monoisotopic (exact) mass is 388 g/mol. The Labute approximate surface area is 163 Å². The van der Waals surface area contributed by atoms with Crippen molar-refractivity contribution in [1.29, 1.82) is 0 Å². The molecule has 0 saturated carbocycles. The van der Waals surface area contributed by atoms with Crippen LogP contribution in [-0.2, 0) is 0 Å². The summed E-state index contributed by atoms with van der Waals surface area (Å²) in [7, 11) is 0. The second-order valence-corrected chi connectivity index (χ2v) is 7.17. The van der Waals surface area contributed by atoms with Gasteiger partial charge in [-0.15, -0.1) is 0 Å². The molecule has 6 heteroatoms. The molecule has 1 N–H and O–H groups in total. The van der Waals surface area contributed by atoms with E-state index in [1.807, 2.05) is 4.90 Å². The number of nitrogens with one attached hydrogen (secondary N) is 1. The van der Waals surface area contributed by atoms with E-state index in [9.17, 15) is 14.0 Å². The molecule has 3 rings (SSSR count). The highest BCUT2D eigenvalue weighted by Gasteiger charge is 2.23. The first-order valence-corrected chi connectivity index (χ1v) is 9.50. The summed E-state index contributed by atoms with van der Waals surface area (Å²) < 4.78 is 13.0. The normalized spacial score (nSPS) is 14.8. The van der Waals surface area contributed by atoms with Crippen molar-refractivity contribution >= 4 is 23.4 Å². The van der Waals surface area contributed by atoms with E-state index >= 15 is 0 Å². The highest BCUT2D eigenvalue weighted by molar-refractivity contribution is 6.33. The van der Waals surface area contributed by atoms with Gasteiger partial charge >= 0.3 is 0 Å². The fraction of sp³-hybridized carbons (Fsp3) is 0.333. The average molecular weight is 389 g/mol. The van der Waals surface area contributed by atoms with Gasteiger partial charge in [-0.2, -0.15) is 0 Å². The lowest BCUT2D eigenvalue weighted by Crippen LogP contribution is -2.39. The Hall–Kier alpha value is -2.40. The number of nitrogens with zero attached hydrogens (tertiary/aromatic N) is 1. The standard InChI is InChI=1S/C21H22ClFN2O2/c22-19-4-2-1-3-18(19)20(26)24-12-9-15-10-13-25(14-11-15)21(27)16-5-7-17(23)8-6-16/h1-8,15H,9-14H2,(H,24,26). The molecule has 1 aliphatic heterocycles. The van der Waals surface area contributed by atoms with Crippen molar-refractivity contribution in [2.75, 3.05) is 19.6 Å². The van der Waals surface area contributed by atoms with Crippen LogP contribution in [0, 0.1) is 11.7 Å². The van der Waals surface area contributed by atoms with E-state index in [0.29, 0.717) is 41.7 Å². The van der Waals surface area contributed by atoms with Gasteiger partial charge in [0.1, 0.15) is 5.82 Å². The third kappa shape index (κ3) is 5.07. The highest BCUT2D eigenvalue weighted by Crippen LogP contribution is 2.22. The van der Waals surface area contributed by atoms with Gasteiger partial charge in [-0.1, -0.05) is 23.7 Å². The van der Waals surface area contributed by atoms with Crippen LogP contribution in [0.5, 0.6) is 0 Å². The molecular weight excluding hydrogens is 367 g/mol. The highest BCUT2D eigenvalue weighted by atomic mass is 35.5. The molecule has 0 radical (unpaired) electrons. The molecule has 27 heavy (non-hydrogen) atoms. The summed E-state index contributed by atoms with van der Waals surface area (Å²) in [5, 5.41) is 3.36. The van der Waals surface area contributed by atoms with Gasteiger partial charge in [0.15, 0.2) is 0 Å². The van der Waals surface area contributed by atoms with Crippen LogP contribution < -0.4 is 5.32 Å². The molecule has 142 valence electrons. The third-order valence-electron chi connectivity index (χ3n) is 4.95. The van der Waals surface area contributed by atoms with Gasteiger partial charge in [-0.05, 0) is 61.6 Å². The maximum atomic E-state index is 13.0. The molecule has 4 nitrogen and oxygen atoms in total. The van der Waals surface area contributed by atoms with E-state index in [0.717, 1.165) is 19.3 Å². The third-order valence-corrected chi connectivity index (χ3v) is 5.28. The first-order valence-electron chi connectivity index (χ1n) is 9.12. The van der Waals surface area contributed by atoms with Gasteiger partial charge in [0.05, 0.1) is 10.6 Å². The minimum absolute atomic E-state index is 0.0551. The lowest BCUT2D eigenvalue weighted by Gasteiger charge is -2.32. The Morgan fingerprint density at radius 3 is 2.41 bits per heavy atom. The molecule has 0 spiro atoms. The molecule has 2 amide bonds. The Morgan fingerprint density at radius 2 is 1.74 bits per heavy atom. The Morgan fingerprint density at radius 1 is 1.07 bits per heavy atom. The maximum absolute atomic E-state index is 13.0. The van der Waals surface area contributed by atoms with E-state index in [-0.39, 0.29) is 17.6 Å². The summed E-state index contributed by atoms with van der Waals surface area (Å²) in [4.78, 5) is 26.4. The molecule has 0 aromatic heterocycles. The van der Waals surface area contributed by atoms with Crippen LogP contribution in [0.25, 0.3) is 0 Å². The van der Waals surface area contributed by atoms with E-state index < -0.39 is 0 Å². The van der Waals surface area contributed by atoms with Crippen LogP contribution >= 0.6 is 11.6 Å². The molecule has 1 heterocycles. The minimum Gasteiger partial charge on any atom is -0.352 e. The van der Waals surface area contributed by atoms with Crippen molar-refractivity contribution in [3.8, 4) is 0 Å². The predicted octanol–water partition coefficient (Wildman–Crippen LogP) is 4.15. The number of piperidine rings is 1. The van der Waals surface area contributed by atoms with Crippen molar-refractivity contribution in [1.82, 2.24) is 10.2 Å². The smallest absolute Gasteiger partial charge is 0.253 e. The Kier molecular flexibility index (Phi) is 6.45. The summed E-state index contributed by atoms with van der Waals surface area (Å²) in [5.74, 6) is -0.0945. The number of carbonyl (C=O) groups excluding carboxylic acids is 2. The fourth-order valence-electron chi connectivity index (χ4n) is 3.33. The fourth-order valence-corrected chi connectivity index (χ4v) is 3.55. The van der Waals surface area contributed by atoms with Gasteiger partial charge in [0.25, 0.3) is 11.8 Å². The molecule has 1 fully saturated rings. The zero-order valence-electron chi connectivity index (χ0n) is 15.0. The van der Waals surface area contributed by atoms with Gasteiger partial charge in [-0.3, -0.25) is 9.59 Å². The van der Waals surface area contributed by atoms with E-state index in [2.05, 4.69) is 5.32 Å². The Bertz CT molecular complexity index is 802. The molecule has 2 aromatic carbocycles. The van der Waals surface area contributed by atoms with Gasteiger partial charge < -0.3 is 10.2 Å². The number of likely N-dealkylation sites (tertiary alicyclic amines) is 1. The predicted molar refractivity (Wildman–Crippen MR) is 103 cm³/mol. The largest absolute Gasteiger partial charge is 0.352 e. The Balaban J connectivity index is 1.42. The summed E-state index contributed by atoms with van der Waals surface area (Å²) >= 11 is 6.03. The molecule has 1 aliphatic rings. The molecule has 2 aromatic rings. The van der Waals surface area contributed by atoms with Gasteiger partial charge in [0.2, 0.25) is 0 Å². The average Bonchev–Trinajstić information content (AvgIpc) is 2.69. The quantitative estimate of drug-likeness (QED) is 0.836. The summed E-state index contributed by atoms with van der Waals surface area (Å²) in [6.45, 7) is 1.94. The summed E-state index contributed by atoms with van der Waals surface area (Å²) in [6, 6.07) is 12.6. The number of benzene rings is 2. The molecule has 0 atom stereocenters. The summed E-state index contributed by atoms with van der Waals surface area (Å²) in [6.07, 6.45) is 2.67. The van der Waals surface area contributed by atoms with E-state index in [4.69, 9.17) is 11.6 Å². The van der Waals surface area contributed by atoms with Crippen molar-refractivity contribution in [3.05, 3.63) is 70.5 Å². The van der Waals surface area contributed by atoms with Crippen LogP contribution in [0.3, 0.4) is 0 Å². The topological polar surface area (TPSA) is 49.4 Å². The van der Waals surface area contributed by atoms with Crippen LogP contribution in [-0.4, -0.2) is 36.3 Å². The van der Waals surface area contributed by atoms with E-state index in [1.165, 1.54) is 24.3 Å². The molecule has 0 unspecified atom stereocenters. The van der Waals surface area contributed by atoms with Crippen molar-refractivity contribution < 1.29 is 14.0 Å². The minimum atomic E-state index is -0.343. The van der Waals surface area contributed by atoms with Gasteiger partial charge in [0, 0.05) is 25.2 Å². The molecule has 1 saturated heterocycles. The lowest BCUT2D eigenvalue weighted by atomic mass is 9.93. The van der Waals surface area contributed by atoms with Crippen LogP contribution in [0.1, 0.15) is 40.0 Å². The zero-order chi connectivity index (χ0) is 19.2. The number of carbonyl (C=O) groups is 2.